The molecule has 3 aromatic rings. The number of pyridine rings is 1. The van der Waals surface area contributed by atoms with Gasteiger partial charge in [0.15, 0.2) is 0 Å². The molecule has 0 bridgehead atoms. The van der Waals surface area contributed by atoms with Gasteiger partial charge in [-0.05, 0) is 56.2 Å². The number of carbonyl (C=O) groups excluding carboxylic acids is 2. The van der Waals surface area contributed by atoms with Gasteiger partial charge in [0, 0.05) is 23.5 Å². The molecular weight excluding hydrogens is 422 g/mol. The average molecular weight is 447 g/mol. The summed E-state index contributed by atoms with van der Waals surface area (Å²) >= 11 is 0. The molecule has 1 aromatic heterocycles. The van der Waals surface area contributed by atoms with Gasteiger partial charge in [-0.25, -0.2) is 0 Å². The lowest BCUT2D eigenvalue weighted by Crippen LogP contribution is -2.33. The van der Waals surface area contributed by atoms with Gasteiger partial charge in [0.1, 0.15) is 5.69 Å². The van der Waals surface area contributed by atoms with E-state index in [0.29, 0.717) is 5.69 Å². The Balaban J connectivity index is 1.67. The zero-order chi connectivity index (χ0) is 24.0. The van der Waals surface area contributed by atoms with E-state index in [-0.39, 0.29) is 29.5 Å². The fraction of sp³-hybridized carbons (Fsp3) is 0.208. The van der Waals surface area contributed by atoms with E-state index in [1.165, 1.54) is 18.2 Å². The van der Waals surface area contributed by atoms with Crippen LogP contribution in [-0.2, 0) is 4.79 Å². The van der Waals surface area contributed by atoms with Gasteiger partial charge in [0.25, 0.3) is 11.6 Å². The average Bonchev–Trinajstić information content (AvgIpc) is 2.80. The Morgan fingerprint density at radius 1 is 1.06 bits per heavy atom. The molecule has 0 aliphatic carbocycles. The molecule has 0 aliphatic heterocycles. The molecule has 3 N–H and O–H groups in total. The summed E-state index contributed by atoms with van der Waals surface area (Å²) in [4.78, 5) is 40.1. The first-order valence-corrected chi connectivity index (χ1v) is 10.4. The van der Waals surface area contributed by atoms with Crippen LogP contribution in [0.2, 0.25) is 0 Å². The number of carbonyl (C=O) groups is 2. The van der Waals surface area contributed by atoms with E-state index in [2.05, 4.69) is 20.9 Å². The quantitative estimate of drug-likeness (QED) is 0.352. The van der Waals surface area contributed by atoms with Crippen LogP contribution in [0.25, 0.3) is 0 Å². The number of nitrogens with one attached hydrogen (secondary N) is 3. The smallest absolute Gasteiger partial charge is 0.293 e. The predicted octanol–water partition coefficient (Wildman–Crippen LogP) is 4.15. The van der Waals surface area contributed by atoms with E-state index in [4.69, 9.17) is 0 Å². The van der Waals surface area contributed by atoms with E-state index in [0.717, 1.165) is 16.8 Å². The maximum Gasteiger partial charge on any atom is 0.293 e. The van der Waals surface area contributed by atoms with E-state index in [1.807, 2.05) is 51.1 Å². The summed E-state index contributed by atoms with van der Waals surface area (Å²) in [5.74, 6) is -0.975. The number of benzene rings is 2. The van der Waals surface area contributed by atoms with E-state index < -0.39 is 16.7 Å². The third-order valence-electron chi connectivity index (χ3n) is 5.12. The highest BCUT2D eigenvalue weighted by Crippen LogP contribution is 2.29. The summed E-state index contributed by atoms with van der Waals surface area (Å²) < 4.78 is 0. The lowest BCUT2D eigenvalue weighted by molar-refractivity contribution is -0.384. The van der Waals surface area contributed by atoms with Crippen molar-refractivity contribution in [3.05, 3.63) is 93.3 Å². The fourth-order valence-corrected chi connectivity index (χ4v) is 3.34. The molecule has 3 rings (SSSR count). The van der Waals surface area contributed by atoms with Gasteiger partial charge in [0.2, 0.25) is 5.91 Å². The van der Waals surface area contributed by atoms with Crippen LogP contribution in [0.5, 0.6) is 0 Å². The molecule has 1 unspecified atom stereocenters. The third kappa shape index (κ3) is 5.91. The molecule has 33 heavy (non-hydrogen) atoms. The van der Waals surface area contributed by atoms with Crippen molar-refractivity contribution in [2.45, 2.75) is 26.8 Å². The Kier molecular flexibility index (Phi) is 7.34. The number of amides is 2. The topological polar surface area (TPSA) is 126 Å². The second kappa shape index (κ2) is 10.4. The standard InChI is InChI=1S/C24H25N5O4/c1-15-7-6-8-16(2)23(15)28-22(30)14-26-24(31)18-10-11-20(21(13-18)29(32)33)27-17(3)19-9-4-5-12-25-19/h4-13,17,27H,14H2,1-3H3,(H,26,31)(H,28,30). The number of aryl methyl sites for hydroxylation is 2. The number of aromatic nitrogens is 1. The van der Waals surface area contributed by atoms with Crippen molar-refractivity contribution in [3.63, 3.8) is 0 Å². The van der Waals surface area contributed by atoms with Gasteiger partial charge in [-0.3, -0.25) is 24.7 Å². The second-order valence-corrected chi connectivity index (χ2v) is 7.61. The molecule has 1 atom stereocenters. The minimum atomic E-state index is -0.584. The summed E-state index contributed by atoms with van der Waals surface area (Å²) in [6.07, 6.45) is 1.64. The molecule has 0 saturated heterocycles. The summed E-state index contributed by atoms with van der Waals surface area (Å²) in [6.45, 7) is 5.33. The third-order valence-corrected chi connectivity index (χ3v) is 5.12. The fourth-order valence-electron chi connectivity index (χ4n) is 3.34. The number of hydrogen-bond donors (Lipinski definition) is 3. The van der Waals surface area contributed by atoms with Crippen LogP contribution in [0.1, 0.15) is 40.1 Å². The Morgan fingerprint density at radius 3 is 2.42 bits per heavy atom. The zero-order valence-corrected chi connectivity index (χ0v) is 18.6. The van der Waals surface area contributed by atoms with Crippen LogP contribution in [0.3, 0.4) is 0 Å². The van der Waals surface area contributed by atoms with Crippen molar-refractivity contribution in [2.24, 2.45) is 0 Å². The Bertz CT molecular complexity index is 1160. The lowest BCUT2D eigenvalue weighted by atomic mass is 10.1. The van der Waals surface area contributed by atoms with Gasteiger partial charge in [-0.1, -0.05) is 24.3 Å². The highest BCUT2D eigenvalue weighted by Gasteiger charge is 2.20. The minimum Gasteiger partial charge on any atom is -0.371 e. The summed E-state index contributed by atoms with van der Waals surface area (Å²) in [6, 6.07) is 14.9. The first kappa shape index (κ1) is 23.4. The maximum absolute atomic E-state index is 12.5. The molecule has 0 spiro atoms. The maximum atomic E-state index is 12.5. The zero-order valence-electron chi connectivity index (χ0n) is 18.6. The van der Waals surface area contributed by atoms with E-state index in [1.54, 1.807) is 12.3 Å². The highest BCUT2D eigenvalue weighted by atomic mass is 16.6. The molecule has 170 valence electrons. The molecule has 9 nitrogen and oxygen atoms in total. The van der Waals surface area contributed by atoms with Crippen molar-refractivity contribution >= 4 is 28.9 Å². The van der Waals surface area contributed by atoms with Crippen molar-refractivity contribution in [1.29, 1.82) is 0 Å². The second-order valence-electron chi connectivity index (χ2n) is 7.61. The molecule has 9 heteroatoms. The van der Waals surface area contributed by atoms with Gasteiger partial charge in [-0.2, -0.15) is 0 Å². The van der Waals surface area contributed by atoms with Crippen molar-refractivity contribution < 1.29 is 14.5 Å². The number of nitro benzene ring substituents is 1. The van der Waals surface area contributed by atoms with Gasteiger partial charge < -0.3 is 16.0 Å². The highest BCUT2D eigenvalue weighted by molar-refractivity contribution is 6.00. The van der Waals surface area contributed by atoms with Crippen molar-refractivity contribution in [1.82, 2.24) is 10.3 Å². The lowest BCUT2D eigenvalue weighted by Gasteiger charge is -2.15. The molecule has 0 aliphatic rings. The van der Waals surface area contributed by atoms with Gasteiger partial charge in [0.05, 0.1) is 23.2 Å². The Morgan fingerprint density at radius 2 is 1.79 bits per heavy atom. The Hall–Kier alpha value is -4.27. The number of nitro groups is 1. The van der Waals surface area contributed by atoms with E-state index in [9.17, 15) is 19.7 Å². The van der Waals surface area contributed by atoms with Crippen LogP contribution >= 0.6 is 0 Å². The number of nitrogens with zero attached hydrogens (tertiary/aromatic N) is 2. The summed E-state index contributed by atoms with van der Waals surface area (Å²) in [7, 11) is 0. The van der Waals surface area contributed by atoms with Crippen molar-refractivity contribution in [2.75, 3.05) is 17.2 Å². The molecule has 0 fully saturated rings. The summed E-state index contributed by atoms with van der Waals surface area (Å²) in [5.41, 5.74) is 3.35. The van der Waals surface area contributed by atoms with Crippen LogP contribution < -0.4 is 16.0 Å². The van der Waals surface area contributed by atoms with Crippen molar-refractivity contribution in [3.8, 4) is 0 Å². The predicted molar refractivity (Wildman–Crippen MR) is 126 cm³/mol. The minimum absolute atomic E-state index is 0.0811. The van der Waals surface area contributed by atoms with Crippen LogP contribution in [0.15, 0.2) is 60.8 Å². The number of rotatable bonds is 8. The number of anilines is 2. The van der Waals surface area contributed by atoms with Crippen LogP contribution in [0.4, 0.5) is 17.1 Å². The molecule has 0 radical (unpaired) electrons. The van der Waals surface area contributed by atoms with Crippen LogP contribution in [0, 0.1) is 24.0 Å². The number of para-hydroxylation sites is 1. The molecular formula is C24H25N5O4. The molecule has 2 amide bonds. The Labute approximate surface area is 191 Å². The molecule has 0 saturated carbocycles. The van der Waals surface area contributed by atoms with Gasteiger partial charge in [-0.15, -0.1) is 0 Å². The molecule has 2 aromatic carbocycles. The van der Waals surface area contributed by atoms with Crippen LogP contribution in [-0.4, -0.2) is 28.3 Å². The largest absolute Gasteiger partial charge is 0.371 e. The molecule has 1 heterocycles. The van der Waals surface area contributed by atoms with E-state index >= 15 is 0 Å². The first-order chi connectivity index (χ1) is 15.8. The normalized spacial score (nSPS) is 11.4. The summed E-state index contributed by atoms with van der Waals surface area (Å²) in [5, 5.41) is 20.0. The first-order valence-electron chi connectivity index (χ1n) is 10.4. The monoisotopic (exact) mass is 447 g/mol. The van der Waals surface area contributed by atoms with Gasteiger partial charge >= 0.3 is 0 Å². The SMILES string of the molecule is Cc1cccc(C)c1NC(=O)CNC(=O)c1ccc(NC(C)c2ccccn2)c([N+](=O)[O-])c1. The number of hydrogen-bond acceptors (Lipinski definition) is 6.